The van der Waals surface area contributed by atoms with Gasteiger partial charge in [-0.1, -0.05) is 37.3 Å². The molecule has 0 aliphatic heterocycles. The summed E-state index contributed by atoms with van der Waals surface area (Å²) in [5.41, 5.74) is 14.7. The Balaban J connectivity index is 1.42. The average molecular weight is 470 g/mol. The number of halogens is 2. The minimum Gasteiger partial charge on any atom is -0.384 e. The van der Waals surface area contributed by atoms with Gasteiger partial charge in [0.15, 0.2) is 5.78 Å². The summed E-state index contributed by atoms with van der Waals surface area (Å²) in [4.78, 5) is 21.2. The molecular weight excluding hydrogens is 444 g/mol. The molecular formula is C29H25F2N3O. The summed E-state index contributed by atoms with van der Waals surface area (Å²) in [6, 6.07) is 14.3. The Morgan fingerprint density at radius 2 is 1.69 bits per heavy atom. The van der Waals surface area contributed by atoms with Crippen LogP contribution in [0.25, 0.3) is 11.1 Å². The Kier molecular flexibility index (Phi) is 5.89. The molecule has 0 radical (unpaired) electrons. The molecule has 0 unspecified atom stereocenters. The number of ketones is 1. The maximum absolute atomic E-state index is 14.3. The Morgan fingerprint density at radius 1 is 0.971 bits per heavy atom. The lowest BCUT2D eigenvalue weighted by Gasteiger charge is -2.21. The van der Waals surface area contributed by atoms with E-state index in [4.69, 9.17) is 5.73 Å². The smallest absolute Gasteiger partial charge is 0.215 e. The molecule has 0 amide bonds. The Bertz CT molecular complexity index is 1480. The zero-order chi connectivity index (χ0) is 24.7. The number of hydrogen-bond donors (Lipinski definition) is 1. The number of aromatic nitrogens is 2. The molecule has 0 saturated carbocycles. The van der Waals surface area contributed by atoms with Crippen LogP contribution in [-0.2, 0) is 25.7 Å². The number of benzene rings is 2. The monoisotopic (exact) mass is 469 g/mol. The van der Waals surface area contributed by atoms with E-state index < -0.39 is 11.8 Å². The highest BCUT2D eigenvalue weighted by atomic mass is 19.1. The van der Waals surface area contributed by atoms with Crippen LogP contribution in [0, 0.1) is 18.7 Å². The number of nitrogens with zero attached hydrogens (tertiary/aromatic N) is 2. The minimum absolute atomic E-state index is 0.0381. The first kappa shape index (κ1) is 22.8. The summed E-state index contributed by atoms with van der Waals surface area (Å²) in [6.07, 6.45) is 3.66. The first-order valence-corrected chi connectivity index (χ1v) is 11.7. The summed E-state index contributed by atoms with van der Waals surface area (Å²) in [5.74, 6) is -0.971. The summed E-state index contributed by atoms with van der Waals surface area (Å²) in [7, 11) is 0. The van der Waals surface area contributed by atoms with E-state index in [1.165, 1.54) is 11.8 Å². The van der Waals surface area contributed by atoms with Crippen molar-refractivity contribution in [2.45, 2.75) is 39.5 Å². The van der Waals surface area contributed by atoms with Crippen LogP contribution in [0.15, 0.2) is 54.7 Å². The molecule has 0 saturated heterocycles. The predicted molar refractivity (Wildman–Crippen MR) is 132 cm³/mol. The first-order valence-electron chi connectivity index (χ1n) is 11.7. The topological polar surface area (TPSA) is 68.9 Å². The molecule has 4 aromatic rings. The quantitative estimate of drug-likeness (QED) is 0.261. The van der Waals surface area contributed by atoms with Crippen LogP contribution in [0.3, 0.4) is 0 Å². The molecule has 2 aromatic heterocycles. The number of carbonyl (C=O) groups is 1. The van der Waals surface area contributed by atoms with E-state index in [9.17, 15) is 13.6 Å². The summed E-state index contributed by atoms with van der Waals surface area (Å²) in [5, 5.41) is 0. The van der Waals surface area contributed by atoms with Crippen LogP contribution in [0.1, 0.15) is 56.4 Å². The highest BCUT2D eigenvalue weighted by Gasteiger charge is 2.20. The van der Waals surface area contributed by atoms with Crippen LogP contribution in [-0.4, -0.2) is 15.8 Å². The lowest BCUT2D eigenvalue weighted by molar-refractivity contribution is 0.0992. The first-order chi connectivity index (χ1) is 16.8. The lowest BCUT2D eigenvalue weighted by Crippen LogP contribution is -2.12. The van der Waals surface area contributed by atoms with Crippen LogP contribution >= 0.6 is 0 Å². The molecule has 5 rings (SSSR count). The van der Waals surface area contributed by atoms with Crippen LogP contribution in [0.2, 0.25) is 0 Å². The van der Waals surface area contributed by atoms with E-state index >= 15 is 0 Å². The second-order valence-corrected chi connectivity index (χ2v) is 9.03. The standard InChI is InChI=1S/C29H25F2N3O/c1-3-17-12-29(32)34-16(2)24(17)13-27(35)21-7-5-19-8-18-4-6-20(9-22(18)11-23(19)10-21)25-15-33-28(31)14-26(25)30/h4-7,9-10,12,14-15H,3,8,11,13H2,1-2H3,(H2,32,34). The maximum Gasteiger partial charge on any atom is 0.215 e. The molecule has 1 aliphatic carbocycles. The van der Waals surface area contributed by atoms with E-state index in [2.05, 4.69) is 9.97 Å². The van der Waals surface area contributed by atoms with Gasteiger partial charge >= 0.3 is 0 Å². The molecule has 0 fully saturated rings. The largest absolute Gasteiger partial charge is 0.384 e. The van der Waals surface area contributed by atoms with Gasteiger partial charge in [0.2, 0.25) is 5.95 Å². The van der Waals surface area contributed by atoms with E-state index in [-0.39, 0.29) is 17.8 Å². The van der Waals surface area contributed by atoms with Crippen molar-refractivity contribution in [1.29, 1.82) is 0 Å². The van der Waals surface area contributed by atoms with Gasteiger partial charge in [-0.2, -0.15) is 4.39 Å². The van der Waals surface area contributed by atoms with Gasteiger partial charge in [-0.15, -0.1) is 0 Å². The number of nitrogen functional groups attached to an aromatic ring is 1. The predicted octanol–water partition coefficient (Wildman–Crippen LogP) is 5.80. The number of fused-ring (bicyclic) bond motifs is 2. The van der Waals surface area contributed by atoms with Crippen LogP contribution in [0.5, 0.6) is 0 Å². The Labute approximate surface area is 202 Å². The third-order valence-electron chi connectivity index (χ3n) is 6.79. The second kappa shape index (κ2) is 9.02. The van der Waals surface area contributed by atoms with E-state index in [0.29, 0.717) is 23.4 Å². The van der Waals surface area contributed by atoms with Gasteiger partial charge in [0.1, 0.15) is 11.6 Å². The molecule has 176 valence electrons. The number of hydrogen-bond acceptors (Lipinski definition) is 4. The minimum atomic E-state index is -0.841. The lowest BCUT2D eigenvalue weighted by atomic mass is 9.83. The fraction of sp³-hybridized carbons (Fsp3) is 0.207. The molecule has 35 heavy (non-hydrogen) atoms. The molecule has 0 bridgehead atoms. The van der Waals surface area contributed by atoms with Gasteiger partial charge in [0.25, 0.3) is 0 Å². The van der Waals surface area contributed by atoms with Crippen LogP contribution < -0.4 is 5.73 Å². The molecule has 6 heteroatoms. The van der Waals surface area contributed by atoms with Crippen molar-refractivity contribution in [3.63, 3.8) is 0 Å². The van der Waals surface area contributed by atoms with Crippen molar-refractivity contribution in [3.05, 3.63) is 111 Å². The van der Waals surface area contributed by atoms with E-state index in [1.54, 1.807) is 0 Å². The summed E-state index contributed by atoms with van der Waals surface area (Å²) >= 11 is 0. The number of pyridine rings is 2. The van der Waals surface area contributed by atoms with Crippen molar-refractivity contribution < 1.29 is 13.6 Å². The van der Waals surface area contributed by atoms with Gasteiger partial charge in [-0.3, -0.25) is 4.79 Å². The third kappa shape index (κ3) is 4.44. The molecule has 4 nitrogen and oxygen atoms in total. The van der Waals surface area contributed by atoms with E-state index in [0.717, 1.165) is 52.4 Å². The number of nitrogens with two attached hydrogens (primary N) is 1. The Hall–Kier alpha value is -3.93. The molecule has 2 N–H and O–H groups in total. The van der Waals surface area contributed by atoms with Gasteiger partial charge < -0.3 is 5.73 Å². The van der Waals surface area contributed by atoms with Crippen molar-refractivity contribution >= 4 is 11.6 Å². The molecule has 0 atom stereocenters. The van der Waals surface area contributed by atoms with Crippen molar-refractivity contribution in [1.82, 2.24) is 9.97 Å². The highest BCUT2D eigenvalue weighted by molar-refractivity contribution is 5.98. The number of rotatable bonds is 5. The summed E-state index contributed by atoms with van der Waals surface area (Å²) in [6.45, 7) is 3.93. The van der Waals surface area contributed by atoms with E-state index in [1.807, 2.05) is 56.3 Å². The number of carbonyl (C=O) groups excluding carboxylic acids is 1. The number of anilines is 1. The van der Waals surface area contributed by atoms with Gasteiger partial charge in [0.05, 0.1) is 0 Å². The SMILES string of the molecule is CCc1cc(N)nc(C)c1CC(=O)c1ccc2c(c1)Cc1cc(-c3cnc(F)cc3F)ccc1C2. The number of aryl methyl sites for hydroxylation is 2. The third-order valence-corrected chi connectivity index (χ3v) is 6.79. The van der Waals surface area contributed by atoms with Crippen molar-refractivity contribution in [2.75, 3.05) is 5.73 Å². The molecule has 1 aliphatic rings. The van der Waals surface area contributed by atoms with Crippen LogP contribution in [0.4, 0.5) is 14.6 Å². The summed E-state index contributed by atoms with van der Waals surface area (Å²) < 4.78 is 27.5. The van der Waals surface area contributed by atoms with Gasteiger partial charge in [-0.05, 0) is 77.3 Å². The number of Topliss-reactive ketones (excluding diaryl/α,β-unsaturated/α-hetero) is 1. The maximum atomic E-state index is 14.3. The normalized spacial score (nSPS) is 12.2. The second-order valence-electron chi connectivity index (χ2n) is 9.03. The zero-order valence-electron chi connectivity index (χ0n) is 19.7. The molecule has 2 aromatic carbocycles. The molecule has 0 spiro atoms. The fourth-order valence-electron chi connectivity index (χ4n) is 4.91. The fourth-order valence-corrected chi connectivity index (χ4v) is 4.91. The molecule has 2 heterocycles. The highest BCUT2D eigenvalue weighted by Crippen LogP contribution is 2.32. The van der Waals surface area contributed by atoms with Crippen molar-refractivity contribution in [2.24, 2.45) is 0 Å². The average Bonchev–Trinajstić information content (AvgIpc) is 2.83. The van der Waals surface area contributed by atoms with Gasteiger partial charge in [-0.25, -0.2) is 14.4 Å². The Morgan fingerprint density at radius 3 is 2.43 bits per heavy atom. The van der Waals surface area contributed by atoms with Crippen molar-refractivity contribution in [3.8, 4) is 11.1 Å². The van der Waals surface area contributed by atoms with Gasteiger partial charge in [0, 0.05) is 35.5 Å². The zero-order valence-corrected chi connectivity index (χ0v) is 19.7.